The van der Waals surface area contributed by atoms with Crippen LogP contribution in [0.2, 0.25) is 0 Å². The van der Waals surface area contributed by atoms with Crippen molar-refractivity contribution < 1.29 is 38.3 Å². The predicted molar refractivity (Wildman–Crippen MR) is 114 cm³/mol. The van der Waals surface area contributed by atoms with Gasteiger partial charge in [-0.15, -0.1) is 0 Å². The fraction of sp³-hybridized carbons (Fsp3) is 0.227. The molecule has 0 aliphatic heterocycles. The van der Waals surface area contributed by atoms with Crippen LogP contribution in [-0.2, 0) is 17.8 Å². The maximum absolute atomic E-state index is 11.4. The molecule has 0 fully saturated rings. The molecule has 1 amide bonds. The Bertz CT molecular complexity index is 875. The summed E-state index contributed by atoms with van der Waals surface area (Å²) in [7, 11) is 1.62. The number of carbonyl (C=O) groups excluding carboxylic acids is 1. The molecule has 29 heavy (non-hydrogen) atoms. The van der Waals surface area contributed by atoms with Crippen molar-refractivity contribution in [3.05, 3.63) is 75.3 Å². The van der Waals surface area contributed by atoms with Crippen LogP contribution in [0.3, 0.4) is 0 Å². The molecule has 0 saturated heterocycles. The molecule has 2 rings (SSSR count). The third kappa shape index (κ3) is 7.75. The van der Waals surface area contributed by atoms with Crippen LogP contribution >= 0.6 is 15.9 Å². The standard InChI is InChI=1S/C22H24BrNO4.Li/c1-15(2)4-11-19-20(27-3)12-7-17(8-13-21(25)24-26)22(19)28-14-16-5-9-18(23)10-6-16;/h4-10,12-13,26H,11,14H2,1-3H3,(H,24,25);/q;+1/b13-8+;. The maximum Gasteiger partial charge on any atom is 1.00 e. The number of hydroxylamine groups is 1. The van der Waals surface area contributed by atoms with E-state index in [1.54, 1.807) is 18.7 Å². The largest absolute Gasteiger partial charge is 1.00 e. The monoisotopic (exact) mass is 452 g/mol. The van der Waals surface area contributed by atoms with Crippen LogP contribution < -0.4 is 33.8 Å². The minimum atomic E-state index is -0.611. The fourth-order valence-electron chi connectivity index (χ4n) is 2.56. The van der Waals surface area contributed by atoms with E-state index in [4.69, 9.17) is 14.7 Å². The van der Waals surface area contributed by atoms with Gasteiger partial charge in [0.2, 0.25) is 0 Å². The first-order valence-corrected chi connectivity index (χ1v) is 9.56. The van der Waals surface area contributed by atoms with Crippen LogP contribution in [0, 0.1) is 0 Å². The van der Waals surface area contributed by atoms with Gasteiger partial charge in [-0.3, -0.25) is 10.0 Å². The summed E-state index contributed by atoms with van der Waals surface area (Å²) < 4.78 is 12.7. The number of benzene rings is 2. The molecular formula is C22H24BrLiNO4+. The number of rotatable bonds is 8. The summed E-state index contributed by atoms with van der Waals surface area (Å²) in [6.45, 7) is 4.43. The van der Waals surface area contributed by atoms with Gasteiger partial charge < -0.3 is 9.47 Å². The van der Waals surface area contributed by atoms with Gasteiger partial charge in [-0.2, -0.15) is 0 Å². The molecule has 0 saturated carbocycles. The topological polar surface area (TPSA) is 67.8 Å². The second kappa shape index (κ2) is 12.6. The molecule has 0 aromatic heterocycles. The van der Waals surface area contributed by atoms with Crippen molar-refractivity contribution >= 4 is 27.9 Å². The van der Waals surface area contributed by atoms with Crippen LogP contribution in [0.25, 0.3) is 6.08 Å². The van der Waals surface area contributed by atoms with E-state index in [1.807, 2.05) is 50.2 Å². The van der Waals surface area contributed by atoms with Crippen LogP contribution in [0.1, 0.15) is 30.5 Å². The summed E-state index contributed by atoms with van der Waals surface area (Å²) in [6.07, 6.45) is 5.58. The SMILES string of the molecule is COc1ccc(/C=C/C(=O)NO)c(OCc2ccc(Br)cc2)c1CC=C(C)C.[Li+]. The van der Waals surface area contributed by atoms with E-state index in [-0.39, 0.29) is 18.9 Å². The van der Waals surface area contributed by atoms with Crippen molar-refractivity contribution in [1.82, 2.24) is 5.48 Å². The fourth-order valence-corrected chi connectivity index (χ4v) is 2.82. The zero-order chi connectivity index (χ0) is 20.5. The number of hydrogen-bond donors (Lipinski definition) is 2. The molecule has 2 aromatic rings. The normalized spacial score (nSPS) is 10.2. The molecule has 2 aromatic carbocycles. The van der Waals surface area contributed by atoms with Crippen LogP contribution in [0.4, 0.5) is 0 Å². The van der Waals surface area contributed by atoms with Gasteiger partial charge >= 0.3 is 18.9 Å². The molecule has 0 unspecified atom stereocenters. The second-order valence-corrected chi connectivity index (χ2v) is 7.29. The van der Waals surface area contributed by atoms with E-state index < -0.39 is 5.91 Å². The third-order valence-corrected chi connectivity index (χ3v) is 4.53. The average Bonchev–Trinajstić information content (AvgIpc) is 2.69. The minimum absolute atomic E-state index is 0. The zero-order valence-electron chi connectivity index (χ0n) is 17.2. The smallest absolute Gasteiger partial charge is 0.496 e. The molecule has 148 valence electrons. The zero-order valence-corrected chi connectivity index (χ0v) is 18.7. The second-order valence-electron chi connectivity index (χ2n) is 6.37. The first kappa shape index (κ1) is 25.1. The van der Waals surface area contributed by atoms with E-state index >= 15 is 0 Å². The summed E-state index contributed by atoms with van der Waals surface area (Å²) in [4.78, 5) is 11.4. The van der Waals surface area contributed by atoms with Gasteiger partial charge in [0, 0.05) is 21.7 Å². The Kier molecular flexibility index (Phi) is 10.9. The summed E-state index contributed by atoms with van der Waals surface area (Å²) in [6, 6.07) is 11.5. The van der Waals surface area contributed by atoms with Crippen LogP contribution in [-0.4, -0.2) is 18.2 Å². The molecule has 0 radical (unpaired) electrons. The van der Waals surface area contributed by atoms with Crippen molar-refractivity contribution in [1.29, 1.82) is 0 Å². The first-order valence-electron chi connectivity index (χ1n) is 8.77. The Hall–Kier alpha value is -1.97. The predicted octanol–water partition coefficient (Wildman–Crippen LogP) is 2.07. The van der Waals surface area contributed by atoms with E-state index in [9.17, 15) is 4.79 Å². The van der Waals surface area contributed by atoms with Gasteiger partial charge in [0.25, 0.3) is 5.91 Å². The van der Waals surface area contributed by atoms with Crippen molar-refractivity contribution in [3.8, 4) is 11.5 Å². The van der Waals surface area contributed by atoms with Gasteiger partial charge in [0.15, 0.2) is 0 Å². The Morgan fingerprint density at radius 2 is 1.86 bits per heavy atom. The number of methoxy groups -OCH3 is 1. The number of allylic oxidation sites excluding steroid dienone is 2. The van der Waals surface area contributed by atoms with Gasteiger partial charge in [-0.1, -0.05) is 39.7 Å². The molecule has 7 heteroatoms. The number of ether oxygens (including phenoxy) is 2. The Labute approximate surface area is 192 Å². The van der Waals surface area contributed by atoms with Gasteiger partial charge in [0.1, 0.15) is 18.1 Å². The summed E-state index contributed by atoms with van der Waals surface area (Å²) in [5.74, 6) is 0.745. The molecule has 0 atom stereocenters. The molecule has 0 bridgehead atoms. The van der Waals surface area contributed by atoms with Gasteiger partial charge in [-0.05, 0) is 56.2 Å². The number of hydrogen-bond acceptors (Lipinski definition) is 4. The van der Waals surface area contributed by atoms with Crippen molar-refractivity contribution in [2.45, 2.75) is 26.9 Å². The summed E-state index contributed by atoms with van der Waals surface area (Å²) in [5.41, 5.74) is 5.40. The number of halogens is 1. The quantitative estimate of drug-likeness (QED) is 0.211. The Balaban J connectivity index is 0.00000420. The van der Waals surface area contributed by atoms with E-state index in [2.05, 4.69) is 22.0 Å². The summed E-state index contributed by atoms with van der Waals surface area (Å²) in [5, 5.41) is 8.72. The molecule has 2 N–H and O–H groups in total. The Morgan fingerprint density at radius 1 is 1.17 bits per heavy atom. The maximum atomic E-state index is 11.4. The van der Waals surface area contributed by atoms with Crippen molar-refractivity contribution in [2.75, 3.05) is 7.11 Å². The number of nitrogens with one attached hydrogen (secondary N) is 1. The van der Waals surface area contributed by atoms with Crippen LogP contribution in [0.15, 0.2) is 58.6 Å². The van der Waals surface area contributed by atoms with E-state index in [0.717, 1.165) is 21.2 Å². The molecule has 5 nitrogen and oxygen atoms in total. The third-order valence-electron chi connectivity index (χ3n) is 4.00. The van der Waals surface area contributed by atoms with Crippen molar-refractivity contribution in [3.63, 3.8) is 0 Å². The number of carbonyl (C=O) groups is 1. The molecular weight excluding hydrogens is 429 g/mol. The molecule has 0 spiro atoms. The summed E-state index contributed by atoms with van der Waals surface area (Å²) >= 11 is 3.43. The van der Waals surface area contributed by atoms with Crippen molar-refractivity contribution in [2.24, 2.45) is 0 Å². The van der Waals surface area contributed by atoms with Gasteiger partial charge in [-0.25, -0.2) is 5.48 Å². The average molecular weight is 453 g/mol. The number of amides is 1. The molecule has 0 aliphatic carbocycles. The van der Waals surface area contributed by atoms with Gasteiger partial charge in [0.05, 0.1) is 7.11 Å². The molecule has 0 heterocycles. The van der Waals surface area contributed by atoms with Crippen LogP contribution in [0.5, 0.6) is 11.5 Å². The van der Waals surface area contributed by atoms with E-state index in [1.165, 1.54) is 11.6 Å². The first-order chi connectivity index (χ1) is 13.4. The minimum Gasteiger partial charge on any atom is -0.496 e. The Morgan fingerprint density at radius 3 is 2.45 bits per heavy atom. The van der Waals surface area contributed by atoms with E-state index in [0.29, 0.717) is 24.5 Å². The molecule has 0 aliphatic rings.